The molecule has 0 nitrogen and oxygen atoms in total. The molecule has 0 unspecified atom stereocenters. The van der Waals surface area contributed by atoms with E-state index in [1.807, 2.05) is 0 Å². The molecule has 6 aromatic carbocycles. The summed E-state index contributed by atoms with van der Waals surface area (Å²) >= 11 is 0. The van der Waals surface area contributed by atoms with Crippen molar-refractivity contribution >= 4 is 21.5 Å². The number of benzene rings is 6. The molecule has 0 amide bonds. The van der Waals surface area contributed by atoms with Crippen LogP contribution in [0, 0.1) is 6.92 Å². The molecule has 0 heteroatoms. The van der Waals surface area contributed by atoms with Gasteiger partial charge in [0.15, 0.2) is 0 Å². The second-order valence-corrected chi connectivity index (χ2v) is 12.4. The highest BCUT2D eigenvalue weighted by Gasteiger charge is 2.35. The first-order valence-corrected chi connectivity index (χ1v) is 14.8. The standard InChI is InChI=1S/C40H34/c1-25-19-21-33-35(23-25)38(27-20-22-37-34(24-27)29-14-8-9-18-36(29)40(37,2)3)31-15-6-7-16-32(31)39(33)30-17-10-12-26-11-4-5-13-28(26)30/h6-10,12,14-24H,4-5,11,13H2,1-3H3. The van der Waals surface area contributed by atoms with Gasteiger partial charge in [-0.1, -0.05) is 116 Å². The monoisotopic (exact) mass is 514 g/mol. The van der Waals surface area contributed by atoms with Crippen molar-refractivity contribution < 1.29 is 0 Å². The molecule has 6 aromatic rings. The normalized spacial score (nSPS) is 15.2. The highest BCUT2D eigenvalue weighted by atomic mass is 14.4. The maximum atomic E-state index is 2.47. The van der Waals surface area contributed by atoms with E-state index in [9.17, 15) is 0 Å². The summed E-state index contributed by atoms with van der Waals surface area (Å²) in [5, 5.41) is 5.41. The molecule has 0 heterocycles. The zero-order valence-electron chi connectivity index (χ0n) is 23.6. The third-order valence-electron chi connectivity index (χ3n) is 9.72. The van der Waals surface area contributed by atoms with Gasteiger partial charge in [-0.05, 0) is 116 Å². The van der Waals surface area contributed by atoms with E-state index in [0.29, 0.717) is 0 Å². The second kappa shape index (κ2) is 8.67. The average molecular weight is 515 g/mol. The number of aryl methyl sites for hydroxylation is 2. The number of fused-ring (bicyclic) bond motifs is 6. The number of hydrogen-bond donors (Lipinski definition) is 0. The van der Waals surface area contributed by atoms with Crippen LogP contribution in [-0.4, -0.2) is 0 Å². The molecule has 0 radical (unpaired) electrons. The molecule has 194 valence electrons. The van der Waals surface area contributed by atoms with Crippen LogP contribution in [0.1, 0.15) is 54.5 Å². The van der Waals surface area contributed by atoms with Crippen molar-refractivity contribution in [1.29, 1.82) is 0 Å². The first-order chi connectivity index (χ1) is 19.5. The maximum Gasteiger partial charge on any atom is 0.0158 e. The molecule has 0 N–H and O–H groups in total. The predicted octanol–water partition coefficient (Wildman–Crippen LogP) is 10.8. The summed E-state index contributed by atoms with van der Waals surface area (Å²) in [7, 11) is 0. The molecule has 0 saturated carbocycles. The van der Waals surface area contributed by atoms with Gasteiger partial charge in [-0.15, -0.1) is 0 Å². The summed E-state index contributed by atoms with van der Waals surface area (Å²) in [5.74, 6) is 0. The van der Waals surface area contributed by atoms with Crippen LogP contribution in [0.3, 0.4) is 0 Å². The van der Waals surface area contributed by atoms with Crippen molar-refractivity contribution in [3.63, 3.8) is 0 Å². The Hall–Kier alpha value is -4.16. The first kappa shape index (κ1) is 23.7. The fourth-order valence-corrected chi connectivity index (χ4v) is 7.78. The quantitative estimate of drug-likeness (QED) is 0.202. The molecule has 40 heavy (non-hydrogen) atoms. The Morgan fingerprint density at radius 1 is 0.525 bits per heavy atom. The summed E-state index contributed by atoms with van der Waals surface area (Å²) in [6.07, 6.45) is 4.95. The van der Waals surface area contributed by atoms with E-state index in [1.165, 1.54) is 103 Å². The van der Waals surface area contributed by atoms with Crippen LogP contribution in [-0.2, 0) is 18.3 Å². The van der Waals surface area contributed by atoms with Gasteiger partial charge in [0.1, 0.15) is 0 Å². The van der Waals surface area contributed by atoms with Gasteiger partial charge < -0.3 is 0 Å². The van der Waals surface area contributed by atoms with Gasteiger partial charge in [0.05, 0.1) is 0 Å². The summed E-state index contributed by atoms with van der Waals surface area (Å²) in [4.78, 5) is 0. The van der Waals surface area contributed by atoms with E-state index in [-0.39, 0.29) is 5.41 Å². The van der Waals surface area contributed by atoms with E-state index < -0.39 is 0 Å². The molecule has 0 spiro atoms. The largest absolute Gasteiger partial charge is 0.0619 e. The molecule has 0 aromatic heterocycles. The van der Waals surface area contributed by atoms with E-state index in [1.54, 1.807) is 5.56 Å². The van der Waals surface area contributed by atoms with E-state index in [0.717, 1.165) is 0 Å². The third-order valence-corrected chi connectivity index (χ3v) is 9.72. The minimum Gasteiger partial charge on any atom is -0.0619 e. The topological polar surface area (TPSA) is 0 Å². The Labute approximate surface area is 237 Å². The van der Waals surface area contributed by atoms with Gasteiger partial charge in [0.25, 0.3) is 0 Å². The SMILES string of the molecule is Cc1ccc2c(-c3cccc4c3CCCC4)c3ccccc3c(-c3ccc4c(c3)-c3ccccc3C4(C)C)c2c1. The van der Waals surface area contributed by atoms with Crippen LogP contribution in [0.5, 0.6) is 0 Å². The van der Waals surface area contributed by atoms with Crippen LogP contribution in [0.4, 0.5) is 0 Å². The molecular formula is C40H34. The average Bonchev–Trinajstić information content (AvgIpc) is 3.21. The van der Waals surface area contributed by atoms with Gasteiger partial charge in [-0.3, -0.25) is 0 Å². The van der Waals surface area contributed by atoms with Crippen molar-refractivity contribution in [2.75, 3.05) is 0 Å². The molecule has 0 atom stereocenters. The Morgan fingerprint density at radius 3 is 2.10 bits per heavy atom. The number of rotatable bonds is 2. The minimum atomic E-state index is 0.0153. The Morgan fingerprint density at radius 2 is 1.23 bits per heavy atom. The fraction of sp³-hybridized carbons (Fsp3) is 0.200. The molecule has 2 aliphatic rings. The van der Waals surface area contributed by atoms with Crippen LogP contribution in [0.25, 0.3) is 54.9 Å². The zero-order valence-corrected chi connectivity index (χ0v) is 23.6. The van der Waals surface area contributed by atoms with Crippen LogP contribution >= 0.6 is 0 Å². The molecule has 0 fully saturated rings. The predicted molar refractivity (Wildman–Crippen MR) is 171 cm³/mol. The van der Waals surface area contributed by atoms with Gasteiger partial charge in [-0.25, -0.2) is 0 Å². The van der Waals surface area contributed by atoms with E-state index in [2.05, 4.69) is 124 Å². The lowest BCUT2D eigenvalue weighted by molar-refractivity contribution is 0.660. The third kappa shape index (κ3) is 3.32. The summed E-state index contributed by atoms with van der Waals surface area (Å²) in [6.45, 7) is 6.95. The van der Waals surface area contributed by atoms with E-state index in [4.69, 9.17) is 0 Å². The molecule has 0 saturated heterocycles. The highest BCUT2D eigenvalue weighted by Crippen LogP contribution is 2.51. The van der Waals surface area contributed by atoms with Crippen molar-refractivity contribution in [2.24, 2.45) is 0 Å². The molecule has 0 bridgehead atoms. The summed E-state index contributed by atoms with van der Waals surface area (Å²) in [5.41, 5.74) is 15.5. The fourth-order valence-electron chi connectivity index (χ4n) is 7.78. The Bertz CT molecular complexity index is 1980. The first-order valence-electron chi connectivity index (χ1n) is 14.8. The minimum absolute atomic E-state index is 0.0153. The Kier molecular flexibility index (Phi) is 5.14. The molecule has 0 aliphatic heterocycles. The number of hydrogen-bond acceptors (Lipinski definition) is 0. The summed E-state index contributed by atoms with van der Waals surface area (Å²) < 4.78 is 0. The van der Waals surface area contributed by atoms with Crippen molar-refractivity contribution in [1.82, 2.24) is 0 Å². The molecular weight excluding hydrogens is 480 g/mol. The van der Waals surface area contributed by atoms with E-state index >= 15 is 0 Å². The smallest absolute Gasteiger partial charge is 0.0158 e. The van der Waals surface area contributed by atoms with Crippen molar-refractivity contribution in [3.8, 4) is 33.4 Å². The van der Waals surface area contributed by atoms with Gasteiger partial charge in [-0.2, -0.15) is 0 Å². The zero-order chi connectivity index (χ0) is 27.0. The van der Waals surface area contributed by atoms with Gasteiger partial charge >= 0.3 is 0 Å². The van der Waals surface area contributed by atoms with Gasteiger partial charge in [0.2, 0.25) is 0 Å². The summed E-state index contributed by atoms with van der Waals surface area (Å²) in [6, 6.07) is 39.4. The molecule has 8 rings (SSSR count). The lowest BCUT2D eigenvalue weighted by Gasteiger charge is -2.24. The van der Waals surface area contributed by atoms with Crippen LogP contribution in [0.2, 0.25) is 0 Å². The lowest BCUT2D eigenvalue weighted by atomic mass is 9.80. The maximum absolute atomic E-state index is 2.47. The highest BCUT2D eigenvalue weighted by molar-refractivity contribution is 6.22. The van der Waals surface area contributed by atoms with Crippen LogP contribution in [0.15, 0.2) is 103 Å². The van der Waals surface area contributed by atoms with Crippen molar-refractivity contribution in [3.05, 3.63) is 131 Å². The second-order valence-electron chi connectivity index (χ2n) is 12.4. The van der Waals surface area contributed by atoms with Crippen molar-refractivity contribution in [2.45, 2.75) is 51.9 Å². The Balaban J connectivity index is 1.47. The molecule has 2 aliphatic carbocycles. The van der Waals surface area contributed by atoms with Gasteiger partial charge in [0, 0.05) is 5.41 Å². The van der Waals surface area contributed by atoms with Crippen LogP contribution < -0.4 is 0 Å². The lowest BCUT2D eigenvalue weighted by Crippen LogP contribution is -2.14.